The molecular weight excluding hydrogens is 260 g/mol. The summed E-state index contributed by atoms with van der Waals surface area (Å²) in [5, 5.41) is 0. The van der Waals surface area contributed by atoms with Gasteiger partial charge in [0.05, 0.1) is 0 Å². The molecule has 0 saturated carbocycles. The van der Waals surface area contributed by atoms with Crippen molar-refractivity contribution in [3.8, 4) is 12.3 Å². The van der Waals surface area contributed by atoms with Crippen LogP contribution in [-0.4, -0.2) is 17.5 Å². The zero-order valence-electron chi connectivity index (χ0n) is 4.44. The molecule has 2 radical (unpaired) electrons. The van der Waals surface area contributed by atoms with Gasteiger partial charge in [-0.05, 0) is 0 Å². The van der Waals surface area contributed by atoms with Gasteiger partial charge in [-0.1, -0.05) is 6.54 Å². The third kappa shape index (κ3) is 48.2. The van der Waals surface area contributed by atoms with Gasteiger partial charge in [-0.2, -0.15) is 0 Å². The van der Waals surface area contributed by atoms with Crippen LogP contribution in [0.4, 0.5) is 0 Å². The van der Waals surface area contributed by atoms with Crippen molar-refractivity contribution in [3.63, 3.8) is 0 Å². The molecule has 0 saturated heterocycles. The Kier molecular flexibility index (Phi) is 159. The molecule has 0 fully saturated rings. The van der Waals surface area contributed by atoms with Gasteiger partial charge in [-0.15, -0.1) is 12.3 Å². The van der Waals surface area contributed by atoms with E-state index in [0.717, 1.165) is 0 Å². The predicted octanol–water partition coefficient (Wildman–Crippen LogP) is -0.983. The van der Waals surface area contributed by atoms with Crippen molar-refractivity contribution in [2.75, 3.05) is 6.54 Å². The van der Waals surface area contributed by atoms with Crippen LogP contribution in [0.1, 0.15) is 0 Å². The van der Waals surface area contributed by atoms with Crippen LogP contribution < -0.4 is 0 Å². The fraction of sp³-hybridized carbons (Fsp3) is 0.333. The van der Waals surface area contributed by atoms with E-state index < -0.39 is 0 Å². The maximum Gasteiger partial charge on any atom is 0 e. The molecule has 0 aromatic heterocycles. The van der Waals surface area contributed by atoms with Gasteiger partial charge in [0.15, 0.2) is 0 Å². The molecule has 0 amide bonds. The molecule has 44 valence electrons. The minimum atomic E-state index is 0. The number of rotatable bonds is 0. The third-order valence-electron chi connectivity index (χ3n) is 0.102. The molecule has 8 heavy (non-hydrogen) atoms. The molecule has 0 atom stereocenters. The summed E-state index contributed by atoms with van der Waals surface area (Å²) in [5.41, 5.74) is 6.22. The summed E-state index contributed by atoms with van der Waals surface area (Å²) in [5.74, 6) is 2.10. The monoisotopic (exact) mass is 268 g/mol. The predicted molar refractivity (Wildman–Crippen MR) is 25.2 cm³/mol. The smallest absolute Gasteiger partial charge is 0 e. The SMILES string of the molecule is C#CC[NH-].O.O.[Y].[Y]. The molecule has 0 heterocycles. The summed E-state index contributed by atoms with van der Waals surface area (Å²) in [6.07, 6.45) is 4.59. The minimum Gasteiger partial charge on any atom is -0.667 e. The summed E-state index contributed by atoms with van der Waals surface area (Å²) >= 11 is 0. The topological polar surface area (TPSA) is 86.8 Å². The number of nitrogens with one attached hydrogen (secondary N) is 1. The van der Waals surface area contributed by atoms with Crippen LogP contribution in [0, 0.1) is 12.3 Å². The molecule has 0 spiro atoms. The Morgan fingerprint density at radius 1 is 1.25 bits per heavy atom. The minimum absolute atomic E-state index is 0. The van der Waals surface area contributed by atoms with Gasteiger partial charge in [-0.3, -0.25) is 0 Å². The molecule has 0 aromatic carbocycles. The van der Waals surface area contributed by atoms with E-state index in [1.165, 1.54) is 0 Å². The molecule has 5 N–H and O–H groups in total. The van der Waals surface area contributed by atoms with E-state index in [0.29, 0.717) is 0 Å². The Bertz CT molecular complexity index is 45.0. The van der Waals surface area contributed by atoms with E-state index in [-0.39, 0.29) is 82.9 Å². The van der Waals surface area contributed by atoms with E-state index in [1.54, 1.807) is 0 Å². The van der Waals surface area contributed by atoms with E-state index in [1.807, 2.05) is 0 Å². The maximum absolute atomic E-state index is 6.22. The molecule has 0 aliphatic rings. The zero-order valence-corrected chi connectivity index (χ0v) is 10.1. The molecule has 0 aromatic rings. The Morgan fingerprint density at radius 3 is 1.38 bits per heavy atom. The molecule has 0 aliphatic carbocycles. The van der Waals surface area contributed by atoms with Gasteiger partial charge < -0.3 is 16.7 Å². The molecule has 0 aliphatic heterocycles. The van der Waals surface area contributed by atoms with E-state index in [2.05, 4.69) is 12.3 Å². The first-order valence-corrected chi connectivity index (χ1v) is 0.996. The van der Waals surface area contributed by atoms with Crippen LogP contribution >= 0.6 is 0 Å². The van der Waals surface area contributed by atoms with Crippen molar-refractivity contribution in [1.29, 1.82) is 0 Å². The first kappa shape index (κ1) is 33.4. The van der Waals surface area contributed by atoms with Gasteiger partial charge in [0.2, 0.25) is 0 Å². The Labute approximate surface area is 99.5 Å². The fourth-order valence-electron chi connectivity index (χ4n) is 0. The normalized spacial score (nSPS) is 2.50. The van der Waals surface area contributed by atoms with Crippen molar-refractivity contribution in [3.05, 3.63) is 5.73 Å². The molecule has 0 unspecified atom stereocenters. The van der Waals surface area contributed by atoms with Gasteiger partial charge in [0.25, 0.3) is 0 Å². The van der Waals surface area contributed by atoms with Crippen molar-refractivity contribution >= 4 is 0 Å². The van der Waals surface area contributed by atoms with Gasteiger partial charge >= 0.3 is 0 Å². The van der Waals surface area contributed by atoms with Gasteiger partial charge in [0.1, 0.15) is 0 Å². The molecular formula is C3H8NO2Y2-. The Balaban J connectivity index is -0.00000000750. The Morgan fingerprint density at radius 2 is 1.38 bits per heavy atom. The van der Waals surface area contributed by atoms with Crippen LogP contribution in [-0.2, 0) is 65.4 Å². The van der Waals surface area contributed by atoms with Crippen LogP contribution in [0.5, 0.6) is 0 Å². The number of hydrogen-bond acceptors (Lipinski definition) is 0. The van der Waals surface area contributed by atoms with Crippen LogP contribution in [0.25, 0.3) is 5.73 Å². The fourth-order valence-corrected chi connectivity index (χ4v) is 0. The van der Waals surface area contributed by atoms with Crippen molar-refractivity contribution in [2.24, 2.45) is 0 Å². The average Bonchev–Trinajstić information content (AvgIpc) is 1.37. The molecule has 0 bridgehead atoms. The number of hydrogen-bond donors (Lipinski definition) is 0. The second-order valence-corrected chi connectivity index (χ2v) is 0.381. The van der Waals surface area contributed by atoms with E-state index >= 15 is 0 Å². The molecule has 5 heteroatoms. The van der Waals surface area contributed by atoms with Gasteiger partial charge in [0, 0.05) is 65.4 Å². The van der Waals surface area contributed by atoms with Gasteiger partial charge in [-0.25, -0.2) is 0 Å². The van der Waals surface area contributed by atoms with Crippen LogP contribution in [0.15, 0.2) is 0 Å². The Hall–Kier alpha value is 1.65. The van der Waals surface area contributed by atoms with Crippen LogP contribution in [0.2, 0.25) is 0 Å². The molecule has 0 rings (SSSR count). The summed E-state index contributed by atoms with van der Waals surface area (Å²) in [6.45, 7) is 0.0972. The summed E-state index contributed by atoms with van der Waals surface area (Å²) in [7, 11) is 0. The summed E-state index contributed by atoms with van der Waals surface area (Å²) in [4.78, 5) is 0. The third-order valence-corrected chi connectivity index (χ3v) is 0.102. The average molecular weight is 268 g/mol. The zero-order chi connectivity index (χ0) is 3.41. The second-order valence-electron chi connectivity index (χ2n) is 0.381. The maximum atomic E-state index is 6.22. The van der Waals surface area contributed by atoms with E-state index in [4.69, 9.17) is 5.73 Å². The standard InChI is InChI=1S/C3H4N.2H2O.2Y/c1-2-3-4;;;;/h1,4H,3H2;2*1H2;;/q-1;;;;. The van der Waals surface area contributed by atoms with E-state index in [9.17, 15) is 0 Å². The van der Waals surface area contributed by atoms with Crippen molar-refractivity contribution in [2.45, 2.75) is 0 Å². The van der Waals surface area contributed by atoms with Crippen molar-refractivity contribution < 1.29 is 76.4 Å². The summed E-state index contributed by atoms with van der Waals surface area (Å²) < 4.78 is 0. The first-order chi connectivity index (χ1) is 1.91. The van der Waals surface area contributed by atoms with Crippen molar-refractivity contribution in [1.82, 2.24) is 0 Å². The number of terminal acetylenes is 1. The second kappa shape index (κ2) is 38.0. The molecule has 3 nitrogen and oxygen atoms in total. The van der Waals surface area contributed by atoms with Crippen LogP contribution in [0.3, 0.4) is 0 Å². The summed E-state index contributed by atoms with van der Waals surface area (Å²) in [6, 6.07) is 0. The largest absolute Gasteiger partial charge is 0.667 e. The quantitative estimate of drug-likeness (QED) is 0.505. The first-order valence-electron chi connectivity index (χ1n) is 0.996.